The molecule has 2 rings (SSSR count). The van der Waals surface area contributed by atoms with Crippen LogP contribution in [0.3, 0.4) is 0 Å². The number of nitrogen functional groups attached to an aromatic ring is 1. The van der Waals surface area contributed by atoms with E-state index in [0.29, 0.717) is 10.7 Å². The minimum Gasteiger partial charge on any atom is -0.465 e. The lowest BCUT2D eigenvalue weighted by atomic mass is 10.3. The normalized spacial score (nSPS) is 10.2. The second kappa shape index (κ2) is 4.47. The van der Waals surface area contributed by atoms with Crippen LogP contribution in [-0.4, -0.2) is 22.9 Å². The number of carbonyl (C=O) groups is 1. The first-order chi connectivity index (χ1) is 8.13. The van der Waals surface area contributed by atoms with Crippen molar-refractivity contribution in [3.05, 3.63) is 41.0 Å². The minimum atomic E-state index is -0.518. The summed E-state index contributed by atoms with van der Waals surface area (Å²) in [5, 5.41) is 4.59. The van der Waals surface area contributed by atoms with Crippen LogP contribution < -0.4 is 5.73 Å². The maximum absolute atomic E-state index is 11.4. The number of nitrogens with zero attached hydrogens (tertiary/aromatic N) is 2. The molecule has 0 aliphatic rings. The summed E-state index contributed by atoms with van der Waals surface area (Å²) in [6, 6.07) is 7.00. The third-order valence-electron chi connectivity index (χ3n) is 2.26. The Balaban J connectivity index is 2.48. The van der Waals surface area contributed by atoms with Gasteiger partial charge in [-0.2, -0.15) is 5.10 Å². The van der Waals surface area contributed by atoms with E-state index in [2.05, 4.69) is 9.84 Å². The molecule has 6 heteroatoms. The second-order valence-electron chi connectivity index (χ2n) is 3.33. The molecule has 88 valence electrons. The summed E-state index contributed by atoms with van der Waals surface area (Å²) in [5.41, 5.74) is 6.73. The van der Waals surface area contributed by atoms with E-state index in [-0.39, 0.29) is 11.4 Å². The first-order valence-electron chi connectivity index (χ1n) is 4.81. The topological polar surface area (TPSA) is 70.1 Å². The van der Waals surface area contributed by atoms with E-state index in [1.165, 1.54) is 18.0 Å². The van der Waals surface area contributed by atoms with Gasteiger partial charge < -0.3 is 10.5 Å². The molecular formula is C11H10ClN3O2. The molecule has 0 saturated heterocycles. The van der Waals surface area contributed by atoms with E-state index in [9.17, 15) is 4.79 Å². The smallest absolute Gasteiger partial charge is 0.343 e. The van der Waals surface area contributed by atoms with Crippen LogP contribution in [0, 0.1) is 0 Å². The lowest BCUT2D eigenvalue weighted by molar-refractivity contribution is 0.0602. The highest BCUT2D eigenvalue weighted by molar-refractivity contribution is 6.30. The Bertz CT molecular complexity index is 566. The maximum atomic E-state index is 11.4. The number of rotatable bonds is 2. The molecule has 1 heterocycles. The number of ether oxygens (including phenoxy) is 1. The third kappa shape index (κ3) is 2.09. The molecule has 0 bridgehead atoms. The van der Waals surface area contributed by atoms with Gasteiger partial charge in [0.15, 0.2) is 0 Å². The predicted octanol–water partition coefficient (Wildman–Crippen LogP) is 1.89. The molecule has 0 aliphatic heterocycles. The zero-order valence-corrected chi connectivity index (χ0v) is 9.81. The molecule has 0 atom stereocenters. The van der Waals surface area contributed by atoms with Gasteiger partial charge >= 0.3 is 5.97 Å². The van der Waals surface area contributed by atoms with Crippen LogP contribution >= 0.6 is 11.6 Å². The summed E-state index contributed by atoms with van der Waals surface area (Å²) in [4.78, 5) is 11.4. The standard InChI is InChI=1S/C11H10ClN3O2/c1-17-11(16)9-6-14-15(10(9)13)8-4-2-3-7(12)5-8/h2-6H,13H2,1H3. The van der Waals surface area contributed by atoms with E-state index >= 15 is 0 Å². The molecule has 17 heavy (non-hydrogen) atoms. The Morgan fingerprint density at radius 3 is 2.94 bits per heavy atom. The highest BCUT2D eigenvalue weighted by Crippen LogP contribution is 2.20. The number of hydrogen-bond donors (Lipinski definition) is 1. The fraction of sp³-hybridized carbons (Fsp3) is 0.0909. The van der Waals surface area contributed by atoms with Gasteiger partial charge in [0.1, 0.15) is 11.4 Å². The summed E-state index contributed by atoms with van der Waals surface area (Å²) in [7, 11) is 1.29. The van der Waals surface area contributed by atoms with Crippen molar-refractivity contribution in [1.82, 2.24) is 9.78 Å². The van der Waals surface area contributed by atoms with Crippen LogP contribution in [0.5, 0.6) is 0 Å². The summed E-state index contributed by atoms with van der Waals surface area (Å²) in [6.07, 6.45) is 1.36. The molecule has 0 spiro atoms. The number of carbonyl (C=O) groups excluding carboxylic acids is 1. The number of esters is 1. The van der Waals surface area contributed by atoms with Gasteiger partial charge in [0.25, 0.3) is 0 Å². The molecule has 0 unspecified atom stereocenters. The molecule has 0 aliphatic carbocycles. The van der Waals surface area contributed by atoms with Crippen molar-refractivity contribution in [3.63, 3.8) is 0 Å². The van der Waals surface area contributed by atoms with Gasteiger partial charge in [-0.15, -0.1) is 0 Å². The van der Waals surface area contributed by atoms with Gasteiger partial charge in [0.05, 0.1) is 19.0 Å². The van der Waals surface area contributed by atoms with Crippen molar-refractivity contribution in [2.45, 2.75) is 0 Å². The van der Waals surface area contributed by atoms with Gasteiger partial charge in [0.2, 0.25) is 0 Å². The van der Waals surface area contributed by atoms with Crippen molar-refractivity contribution in [2.24, 2.45) is 0 Å². The summed E-state index contributed by atoms with van der Waals surface area (Å²) >= 11 is 5.87. The lowest BCUT2D eigenvalue weighted by Crippen LogP contribution is -2.07. The molecule has 1 aromatic heterocycles. The Hall–Kier alpha value is -2.01. The van der Waals surface area contributed by atoms with Crippen molar-refractivity contribution in [2.75, 3.05) is 12.8 Å². The number of halogens is 1. The zero-order valence-electron chi connectivity index (χ0n) is 9.05. The van der Waals surface area contributed by atoms with E-state index in [0.717, 1.165) is 0 Å². The molecule has 0 radical (unpaired) electrons. The molecule has 1 aromatic carbocycles. The number of anilines is 1. The lowest BCUT2D eigenvalue weighted by Gasteiger charge is -2.04. The number of aromatic nitrogens is 2. The van der Waals surface area contributed by atoms with Gasteiger partial charge in [-0.05, 0) is 18.2 Å². The SMILES string of the molecule is COC(=O)c1cnn(-c2cccc(Cl)c2)c1N. The quantitative estimate of drug-likeness (QED) is 0.828. The van der Waals surface area contributed by atoms with Crippen molar-refractivity contribution >= 4 is 23.4 Å². The van der Waals surface area contributed by atoms with Crippen LogP contribution in [0.1, 0.15) is 10.4 Å². The van der Waals surface area contributed by atoms with Crippen molar-refractivity contribution in [3.8, 4) is 5.69 Å². The Morgan fingerprint density at radius 1 is 1.53 bits per heavy atom. The first kappa shape index (κ1) is 11.5. The van der Waals surface area contributed by atoms with Crippen LogP contribution in [0.4, 0.5) is 5.82 Å². The van der Waals surface area contributed by atoms with Gasteiger partial charge in [-0.1, -0.05) is 17.7 Å². The monoisotopic (exact) mass is 251 g/mol. The minimum absolute atomic E-state index is 0.221. The molecular weight excluding hydrogens is 242 g/mol. The fourth-order valence-electron chi connectivity index (χ4n) is 1.44. The van der Waals surface area contributed by atoms with Crippen molar-refractivity contribution in [1.29, 1.82) is 0 Å². The van der Waals surface area contributed by atoms with E-state index in [1.807, 2.05) is 0 Å². The highest BCUT2D eigenvalue weighted by Gasteiger charge is 2.16. The molecule has 0 amide bonds. The first-order valence-corrected chi connectivity index (χ1v) is 5.19. The second-order valence-corrected chi connectivity index (χ2v) is 3.76. The largest absolute Gasteiger partial charge is 0.465 e. The Morgan fingerprint density at radius 2 is 2.29 bits per heavy atom. The summed E-state index contributed by atoms with van der Waals surface area (Å²) < 4.78 is 6.02. The van der Waals surface area contributed by atoms with Crippen LogP contribution in [0.15, 0.2) is 30.5 Å². The average Bonchev–Trinajstić information content (AvgIpc) is 2.70. The van der Waals surface area contributed by atoms with Crippen molar-refractivity contribution < 1.29 is 9.53 Å². The van der Waals surface area contributed by atoms with E-state index < -0.39 is 5.97 Å². The van der Waals surface area contributed by atoms with Crippen LogP contribution in [-0.2, 0) is 4.74 Å². The average molecular weight is 252 g/mol. The van der Waals surface area contributed by atoms with Gasteiger partial charge in [-0.3, -0.25) is 0 Å². The Kier molecular flexibility index (Phi) is 3.01. The number of hydrogen-bond acceptors (Lipinski definition) is 4. The molecule has 0 saturated carbocycles. The molecule has 5 nitrogen and oxygen atoms in total. The predicted molar refractivity (Wildman–Crippen MR) is 64.3 cm³/mol. The third-order valence-corrected chi connectivity index (χ3v) is 2.50. The fourth-order valence-corrected chi connectivity index (χ4v) is 1.62. The highest BCUT2D eigenvalue weighted by atomic mass is 35.5. The van der Waals surface area contributed by atoms with Gasteiger partial charge in [-0.25, -0.2) is 9.48 Å². The molecule has 2 N–H and O–H groups in total. The summed E-state index contributed by atoms with van der Waals surface area (Å²) in [5.74, 6) is -0.296. The van der Waals surface area contributed by atoms with E-state index in [4.69, 9.17) is 17.3 Å². The molecule has 0 fully saturated rings. The zero-order chi connectivity index (χ0) is 12.4. The summed E-state index contributed by atoms with van der Waals surface area (Å²) in [6.45, 7) is 0. The van der Waals surface area contributed by atoms with Crippen LogP contribution in [0.2, 0.25) is 5.02 Å². The number of nitrogens with two attached hydrogens (primary N) is 1. The van der Waals surface area contributed by atoms with E-state index in [1.54, 1.807) is 24.3 Å². The van der Waals surface area contributed by atoms with Crippen LogP contribution in [0.25, 0.3) is 5.69 Å². The van der Waals surface area contributed by atoms with Gasteiger partial charge in [0, 0.05) is 5.02 Å². The maximum Gasteiger partial charge on any atom is 0.343 e. The molecule has 2 aromatic rings. The number of benzene rings is 1. The Labute approximate surface area is 103 Å². The number of methoxy groups -OCH3 is 1.